The maximum atomic E-state index is 13.1. The minimum Gasteiger partial charge on any atom is -0.296 e. The van der Waals surface area contributed by atoms with Gasteiger partial charge in [0.1, 0.15) is 5.82 Å². The molecule has 1 N–H and O–H groups in total. The van der Waals surface area contributed by atoms with Crippen LogP contribution in [-0.4, -0.2) is 11.8 Å². The van der Waals surface area contributed by atoms with E-state index in [9.17, 15) is 14.0 Å². The van der Waals surface area contributed by atoms with Crippen LogP contribution in [-0.2, 0) is 9.59 Å². The van der Waals surface area contributed by atoms with E-state index in [1.807, 2.05) is 12.1 Å². The van der Waals surface area contributed by atoms with Gasteiger partial charge in [-0.25, -0.2) is 4.39 Å². The molecular formula is C17H13ClFNO2. The van der Waals surface area contributed by atoms with E-state index in [0.29, 0.717) is 10.6 Å². The number of halogens is 2. The van der Waals surface area contributed by atoms with Crippen LogP contribution in [0, 0.1) is 5.82 Å². The van der Waals surface area contributed by atoms with Crippen molar-refractivity contribution in [3.05, 3.63) is 70.5 Å². The highest BCUT2D eigenvalue weighted by Crippen LogP contribution is 2.38. The molecule has 1 fully saturated rings. The summed E-state index contributed by atoms with van der Waals surface area (Å²) in [6.45, 7) is 0. The Kier molecular flexibility index (Phi) is 3.94. The average Bonchev–Trinajstić information content (AvgIpc) is 2.49. The van der Waals surface area contributed by atoms with Crippen molar-refractivity contribution in [3.63, 3.8) is 0 Å². The van der Waals surface area contributed by atoms with Crippen molar-refractivity contribution in [2.75, 3.05) is 0 Å². The molecule has 1 aliphatic rings. The fourth-order valence-electron chi connectivity index (χ4n) is 2.84. The molecule has 0 aliphatic carbocycles. The Hall–Kier alpha value is -2.20. The molecule has 0 spiro atoms. The predicted molar refractivity (Wildman–Crippen MR) is 81.1 cm³/mol. The Balaban J connectivity index is 2.02. The number of carbonyl (C=O) groups excluding carboxylic acids is 2. The molecule has 2 aromatic rings. The van der Waals surface area contributed by atoms with Gasteiger partial charge in [0.05, 0.1) is 5.92 Å². The van der Waals surface area contributed by atoms with E-state index in [1.54, 1.807) is 24.3 Å². The maximum Gasteiger partial charge on any atom is 0.234 e. The standard InChI is InChI=1S/C17H13ClFNO2/c18-12-5-1-10(2-6-12)14-9-15(21)20-17(22)16(14)11-3-7-13(19)8-4-11/h1-8,14,16H,9H2,(H,20,21,22). The van der Waals surface area contributed by atoms with Crippen molar-refractivity contribution in [3.8, 4) is 0 Å². The Labute approximate surface area is 132 Å². The van der Waals surface area contributed by atoms with Crippen molar-refractivity contribution >= 4 is 23.4 Å². The SMILES string of the molecule is O=C1CC(c2ccc(Cl)cc2)C(c2ccc(F)cc2)C(=O)N1. The van der Waals surface area contributed by atoms with Crippen LogP contribution < -0.4 is 5.32 Å². The van der Waals surface area contributed by atoms with E-state index in [1.165, 1.54) is 12.1 Å². The maximum absolute atomic E-state index is 13.1. The Morgan fingerprint density at radius 3 is 2.18 bits per heavy atom. The van der Waals surface area contributed by atoms with Gasteiger partial charge in [0, 0.05) is 17.4 Å². The van der Waals surface area contributed by atoms with Crippen molar-refractivity contribution < 1.29 is 14.0 Å². The van der Waals surface area contributed by atoms with Gasteiger partial charge in [0.2, 0.25) is 11.8 Å². The topological polar surface area (TPSA) is 46.2 Å². The molecule has 2 unspecified atom stereocenters. The molecule has 2 atom stereocenters. The third-order valence-corrected chi connectivity index (χ3v) is 4.13. The van der Waals surface area contributed by atoms with Crippen molar-refractivity contribution in [1.29, 1.82) is 0 Å². The zero-order valence-corrected chi connectivity index (χ0v) is 12.3. The van der Waals surface area contributed by atoms with Gasteiger partial charge in [-0.3, -0.25) is 14.9 Å². The first-order chi connectivity index (χ1) is 10.5. The molecule has 2 aromatic carbocycles. The second kappa shape index (κ2) is 5.89. The van der Waals surface area contributed by atoms with Crippen LogP contribution >= 0.6 is 11.6 Å². The predicted octanol–water partition coefficient (Wildman–Crippen LogP) is 3.39. The molecule has 0 radical (unpaired) electrons. The fraction of sp³-hybridized carbons (Fsp3) is 0.176. The molecule has 0 aromatic heterocycles. The number of hydrogen-bond acceptors (Lipinski definition) is 2. The summed E-state index contributed by atoms with van der Waals surface area (Å²) in [5.41, 5.74) is 1.55. The van der Waals surface area contributed by atoms with Crippen LogP contribution in [0.2, 0.25) is 5.02 Å². The van der Waals surface area contributed by atoms with Crippen LogP contribution in [0.15, 0.2) is 48.5 Å². The second-order valence-electron chi connectivity index (χ2n) is 5.30. The highest BCUT2D eigenvalue weighted by atomic mass is 35.5. The quantitative estimate of drug-likeness (QED) is 0.863. The van der Waals surface area contributed by atoms with E-state index < -0.39 is 5.92 Å². The summed E-state index contributed by atoms with van der Waals surface area (Å²) in [7, 11) is 0. The lowest BCUT2D eigenvalue weighted by Crippen LogP contribution is -2.43. The molecule has 3 nitrogen and oxygen atoms in total. The summed E-state index contributed by atoms with van der Waals surface area (Å²) in [6, 6.07) is 12.9. The van der Waals surface area contributed by atoms with Crippen LogP contribution in [0.25, 0.3) is 0 Å². The summed E-state index contributed by atoms with van der Waals surface area (Å²) in [4.78, 5) is 24.0. The number of amides is 2. The molecule has 1 aliphatic heterocycles. The van der Waals surface area contributed by atoms with E-state index in [4.69, 9.17) is 11.6 Å². The number of piperidine rings is 1. The van der Waals surface area contributed by atoms with Gasteiger partial charge in [-0.05, 0) is 35.4 Å². The van der Waals surface area contributed by atoms with Gasteiger partial charge in [-0.15, -0.1) is 0 Å². The first-order valence-corrected chi connectivity index (χ1v) is 7.27. The fourth-order valence-corrected chi connectivity index (χ4v) is 2.97. The van der Waals surface area contributed by atoms with Crippen molar-refractivity contribution in [2.45, 2.75) is 18.3 Å². The molecule has 0 saturated carbocycles. The number of carbonyl (C=O) groups is 2. The third kappa shape index (κ3) is 2.88. The second-order valence-corrected chi connectivity index (χ2v) is 5.74. The van der Waals surface area contributed by atoms with Crippen LogP contribution in [0.1, 0.15) is 29.4 Å². The number of nitrogens with one attached hydrogen (secondary N) is 1. The van der Waals surface area contributed by atoms with Crippen LogP contribution in [0.5, 0.6) is 0 Å². The number of benzene rings is 2. The normalized spacial score (nSPS) is 21.5. The van der Waals surface area contributed by atoms with Crippen molar-refractivity contribution in [1.82, 2.24) is 5.32 Å². The van der Waals surface area contributed by atoms with Gasteiger partial charge >= 0.3 is 0 Å². The number of rotatable bonds is 2. The van der Waals surface area contributed by atoms with Gasteiger partial charge in [-0.1, -0.05) is 35.9 Å². The summed E-state index contributed by atoms with van der Waals surface area (Å²) < 4.78 is 13.1. The van der Waals surface area contributed by atoms with Crippen LogP contribution in [0.4, 0.5) is 4.39 Å². The van der Waals surface area contributed by atoms with Crippen LogP contribution in [0.3, 0.4) is 0 Å². The molecule has 0 bridgehead atoms. The number of hydrogen-bond donors (Lipinski definition) is 1. The molecule has 1 saturated heterocycles. The van der Waals surface area contributed by atoms with Gasteiger partial charge in [0.15, 0.2) is 0 Å². The smallest absolute Gasteiger partial charge is 0.234 e. The molecule has 112 valence electrons. The molecule has 1 heterocycles. The van der Waals surface area contributed by atoms with E-state index in [-0.39, 0.29) is 30.0 Å². The first-order valence-electron chi connectivity index (χ1n) is 6.89. The average molecular weight is 318 g/mol. The van der Waals surface area contributed by atoms with Crippen molar-refractivity contribution in [2.24, 2.45) is 0 Å². The molecule has 3 rings (SSSR count). The van der Waals surface area contributed by atoms with Gasteiger partial charge < -0.3 is 0 Å². The Bertz CT molecular complexity index is 712. The largest absolute Gasteiger partial charge is 0.296 e. The monoisotopic (exact) mass is 317 g/mol. The van der Waals surface area contributed by atoms with Gasteiger partial charge in [-0.2, -0.15) is 0 Å². The summed E-state index contributed by atoms with van der Waals surface area (Å²) >= 11 is 5.89. The molecule has 5 heteroatoms. The minimum absolute atomic E-state index is 0.204. The molecule has 22 heavy (non-hydrogen) atoms. The van der Waals surface area contributed by atoms with E-state index in [0.717, 1.165) is 5.56 Å². The zero-order valence-electron chi connectivity index (χ0n) is 11.6. The zero-order chi connectivity index (χ0) is 15.7. The Morgan fingerprint density at radius 1 is 0.955 bits per heavy atom. The highest BCUT2D eigenvalue weighted by molar-refractivity contribution is 6.30. The van der Waals surface area contributed by atoms with Gasteiger partial charge in [0.25, 0.3) is 0 Å². The lowest BCUT2D eigenvalue weighted by Gasteiger charge is -2.30. The Morgan fingerprint density at radius 2 is 1.55 bits per heavy atom. The summed E-state index contributed by atoms with van der Waals surface area (Å²) in [5.74, 6) is -1.84. The highest BCUT2D eigenvalue weighted by Gasteiger charge is 2.37. The molecule has 2 amide bonds. The third-order valence-electron chi connectivity index (χ3n) is 3.88. The lowest BCUT2D eigenvalue weighted by molar-refractivity contribution is -0.135. The molecular weight excluding hydrogens is 305 g/mol. The van der Waals surface area contributed by atoms with E-state index >= 15 is 0 Å². The summed E-state index contributed by atoms with van der Waals surface area (Å²) in [5, 5.41) is 2.95. The lowest BCUT2D eigenvalue weighted by atomic mass is 9.76. The first kappa shape index (κ1) is 14.7. The number of imide groups is 1. The minimum atomic E-state index is -0.528. The summed E-state index contributed by atoms with van der Waals surface area (Å²) in [6.07, 6.45) is 0.204. The van der Waals surface area contributed by atoms with E-state index in [2.05, 4.69) is 5.32 Å².